The summed E-state index contributed by atoms with van der Waals surface area (Å²) >= 11 is 0. The number of rotatable bonds is 8. The van der Waals surface area contributed by atoms with Gasteiger partial charge in [0.25, 0.3) is 5.91 Å². The Morgan fingerprint density at radius 2 is 1.82 bits per heavy atom. The Morgan fingerprint density at radius 3 is 2.52 bits per heavy atom. The van der Waals surface area contributed by atoms with Crippen molar-refractivity contribution in [2.24, 2.45) is 0 Å². The van der Waals surface area contributed by atoms with Gasteiger partial charge >= 0.3 is 0 Å². The Balaban J connectivity index is 1.53. The fourth-order valence-corrected chi connectivity index (χ4v) is 6.43. The van der Waals surface area contributed by atoms with E-state index >= 15 is 0 Å². The van der Waals surface area contributed by atoms with Crippen LogP contribution in [-0.2, 0) is 11.2 Å². The summed E-state index contributed by atoms with van der Waals surface area (Å²) in [5.41, 5.74) is 2.12. The molecule has 2 N–H and O–H groups in total. The van der Waals surface area contributed by atoms with Gasteiger partial charge in [-0.1, -0.05) is 73.5 Å². The van der Waals surface area contributed by atoms with Crippen molar-refractivity contribution >= 4 is 11.8 Å². The number of aromatic nitrogens is 2. The molecule has 8 nitrogen and oxygen atoms in total. The second-order valence-corrected chi connectivity index (χ2v) is 11.2. The Hall–Kier alpha value is -3.49. The largest absolute Gasteiger partial charge is 0.386 e. The lowest BCUT2D eigenvalue weighted by Gasteiger charge is -2.43. The minimum absolute atomic E-state index is 0.0118. The average Bonchev–Trinajstić information content (AvgIpc) is 3.42. The molecular formula is C32H41N5O3. The highest BCUT2D eigenvalue weighted by Crippen LogP contribution is 2.41. The molecule has 0 spiro atoms. The second kappa shape index (κ2) is 12.4. The third-order valence-corrected chi connectivity index (χ3v) is 8.55. The van der Waals surface area contributed by atoms with Crippen molar-refractivity contribution in [3.8, 4) is 11.3 Å². The first-order chi connectivity index (χ1) is 19.4. The van der Waals surface area contributed by atoms with Crippen LogP contribution in [0.4, 0.5) is 0 Å². The number of piperazine rings is 1. The maximum absolute atomic E-state index is 14.3. The van der Waals surface area contributed by atoms with Crippen LogP contribution in [0.1, 0.15) is 61.6 Å². The monoisotopic (exact) mass is 543 g/mol. The molecule has 2 fully saturated rings. The molecule has 5 rings (SSSR count). The van der Waals surface area contributed by atoms with E-state index in [1.165, 1.54) is 5.56 Å². The zero-order chi connectivity index (χ0) is 28.1. The molecule has 2 aromatic carbocycles. The molecule has 2 heterocycles. The highest BCUT2D eigenvalue weighted by molar-refractivity contribution is 5.98. The highest BCUT2D eigenvalue weighted by atomic mass is 16.3. The van der Waals surface area contributed by atoms with Crippen molar-refractivity contribution in [2.45, 2.75) is 63.6 Å². The lowest BCUT2D eigenvalue weighted by Crippen LogP contribution is -2.54. The molecule has 1 aromatic heterocycles. The van der Waals surface area contributed by atoms with Gasteiger partial charge in [-0.3, -0.25) is 9.59 Å². The van der Waals surface area contributed by atoms with Crippen molar-refractivity contribution in [1.29, 1.82) is 0 Å². The smallest absolute Gasteiger partial charge is 0.275 e. The molecule has 0 radical (unpaired) electrons. The summed E-state index contributed by atoms with van der Waals surface area (Å²) in [4.78, 5) is 35.0. The van der Waals surface area contributed by atoms with Crippen molar-refractivity contribution in [2.75, 3.05) is 32.7 Å². The zero-order valence-corrected chi connectivity index (χ0v) is 23.6. The minimum Gasteiger partial charge on any atom is -0.386 e. The first kappa shape index (κ1) is 28.1. The van der Waals surface area contributed by atoms with Gasteiger partial charge < -0.3 is 24.8 Å². The molecule has 3 atom stereocenters. The van der Waals surface area contributed by atoms with Gasteiger partial charge in [0.1, 0.15) is 5.60 Å². The highest BCUT2D eigenvalue weighted by Gasteiger charge is 2.43. The number of likely N-dealkylation sites (N-methyl/N-ethyl adjacent to an activating group) is 1. The van der Waals surface area contributed by atoms with E-state index in [9.17, 15) is 14.7 Å². The third kappa shape index (κ3) is 5.83. The van der Waals surface area contributed by atoms with Crippen molar-refractivity contribution in [1.82, 2.24) is 24.7 Å². The Labute approximate surface area is 237 Å². The lowest BCUT2D eigenvalue weighted by molar-refractivity contribution is -0.135. The first-order valence-corrected chi connectivity index (χ1v) is 14.6. The molecule has 40 heavy (non-hydrogen) atoms. The van der Waals surface area contributed by atoms with E-state index in [1.807, 2.05) is 64.9 Å². The van der Waals surface area contributed by atoms with Crippen LogP contribution in [0.5, 0.6) is 0 Å². The van der Waals surface area contributed by atoms with E-state index in [2.05, 4.69) is 17.4 Å². The molecule has 8 heteroatoms. The van der Waals surface area contributed by atoms with Gasteiger partial charge in [0.05, 0.1) is 24.6 Å². The number of nitrogens with zero attached hydrogens (tertiary/aromatic N) is 4. The maximum Gasteiger partial charge on any atom is 0.275 e. The third-order valence-electron chi connectivity index (χ3n) is 8.55. The number of carbonyl (C=O) groups excluding carboxylic acids is 2. The fraction of sp³-hybridized carbons (Fsp3) is 0.469. The summed E-state index contributed by atoms with van der Waals surface area (Å²) in [7, 11) is 0. The van der Waals surface area contributed by atoms with Crippen LogP contribution in [0.3, 0.4) is 0 Å². The zero-order valence-electron chi connectivity index (χ0n) is 23.6. The molecule has 1 aliphatic heterocycles. The molecule has 212 valence electrons. The molecule has 2 amide bonds. The number of hydrogen-bond donors (Lipinski definition) is 2. The Bertz CT molecular complexity index is 1290. The Kier molecular flexibility index (Phi) is 8.66. The molecule has 1 saturated carbocycles. The van der Waals surface area contributed by atoms with Crippen LogP contribution >= 0.6 is 0 Å². The van der Waals surface area contributed by atoms with E-state index in [-0.39, 0.29) is 30.4 Å². The fourth-order valence-electron chi connectivity index (χ4n) is 6.43. The topological polar surface area (TPSA) is 90.7 Å². The van der Waals surface area contributed by atoms with E-state index < -0.39 is 5.60 Å². The standard InChI is InChI=1S/C32H41N5O3/c1-3-35(24(2)38)22-32(40)17-11-10-16-28(32)37-23-34-29(30(37)26-14-8-5-9-15-26)31(39)36-19-18-33-21-27(36)20-25-12-6-4-7-13-25/h4-9,12-15,23,27-28,33,40H,3,10-11,16-22H2,1-2H3/t27-,28?,32?/m1/s1. The predicted molar refractivity (Wildman–Crippen MR) is 156 cm³/mol. The van der Waals surface area contributed by atoms with E-state index in [0.717, 1.165) is 50.0 Å². The van der Waals surface area contributed by atoms with E-state index in [1.54, 1.807) is 18.2 Å². The van der Waals surface area contributed by atoms with Crippen LogP contribution in [0.15, 0.2) is 67.0 Å². The predicted octanol–water partition coefficient (Wildman–Crippen LogP) is 3.92. The molecule has 0 bridgehead atoms. The van der Waals surface area contributed by atoms with Gasteiger partial charge in [0.15, 0.2) is 5.69 Å². The molecule has 3 aromatic rings. The molecular weight excluding hydrogens is 502 g/mol. The minimum atomic E-state index is -1.12. The summed E-state index contributed by atoms with van der Waals surface area (Å²) in [5, 5.41) is 15.5. The van der Waals surface area contributed by atoms with Crippen LogP contribution in [0, 0.1) is 0 Å². The lowest BCUT2D eigenvalue weighted by atomic mass is 9.79. The van der Waals surface area contributed by atoms with Crippen molar-refractivity contribution < 1.29 is 14.7 Å². The van der Waals surface area contributed by atoms with E-state index in [0.29, 0.717) is 25.2 Å². The number of carbonyl (C=O) groups is 2. The van der Waals surface area contributed by atoms with Gasteiger partial charge in [0, 0.05) is 44.7 Å². The van der Waals surface area contributed by atoms with Crippen LogP contribution < -0.4 is 5.32 Å². The second-order valence-electron chi connectivity index (χ2n) is 11.2. The van der Waals surface area contributed by atoms with Crippen LogP contribution in [0.2, 0.25) is 0 Å². The van der Waals surface area contributed by atoms with E-state index in [4.69, 9.17) is 4.98 Å². The van der Waals surface area contributed by atoms with Gasteiger partial charge in [-0.05, 0) is 31.7 Å². The van der Waals surface area contributed by atoms with Gasteiger partial charge in [0.2, 0.25) is 5.91 Å². The molecule has 2 aliphatic rings. The SMILES string of the molecule is CCN(CC1(O)CCCCC1n1cnc(C(=O)N2CCNC[C@H]2Cc2ccccc2)c1-c1ccccc1)C(C)=O. The first-order valence-electron chi connectivity index (χ1n) is 14.6. The van der Waals surface area contributed by atoms with Crippen molar-refractivity contribution in [3.63, 3.8) is 0 Å². The van der Waals surface area contributed by atoms with Crippen molar-refractivity contribution in [3.05, 3.63) is 78.2 Å². The summed E-state index contributed by atoms with van der Waals surface area (Å²) in [6.45, 7) is 6.35. The summed E-state index contributed by atoms with van der Waals surface area (Å²) in [6, 6.07) is 19.9. The van der Waals surface area contributed by atoms with Gasteiger partial charge in [-0.2, -0.15) is 0 Å². The number of aliphatic hydroxyl groups is 1. The average molecular weight is 544 g/mol. The van der Waals surface area contributed by atoms with Crippen LogP contribution in [0.25, 0.3) is 11.3 Å². The number of hydrogen-bond acceptors (Lipinski definition) is 5. The summed E-state index contributed by atoms with van der Waals surface area (Å²) < 4.78 is 2.02. The number of benzene rings is 2. The normalized spacial score (nSPS) is 23.1. The summed E-state index contributed by atoms with van der Waals surface area (Å²) in [5.74, 6) is -0.133. The Morgan fingerprint density at radius 1 is 1.10 bits per heavy atom. The molecule has 1 saturated heterocycles. The molecule has 2 unspecified atom stereocenters. The summed E-state index contributed by atoms with van der Waals surface area (Å²) in [6.07, 6.45) is 5.70. The number of imidazole rings is 1. The molecule has 1 aliphatic carbocycles. The van der Waals surface area contributed by atoms with Crippen LogP contribution in [-0.4, -0.2) is 80.6 Å². The number of amides is 2. The number of nitrogens with one attached hydrogen (secondary N) is 1. The maximum atomic E-state index is 14.3. The van der Waals surface area contributed by atoms with Gasteiger partial charge in [-0.15, -0.1) is 0 Å². The quantitative estimate of drug-likeness (QED) is 0.450. The van der Waals surface area contributed by atoms with Gasteiger partial charge in [-0.25, -0.2) is 4.98 Å².